The molecule has 2 rings (SSSR count). The lowest BCUT2D eigenvalue weighted by Crippen LogP contribution is -2.26. The van der Waals surface area contributed by atoms with E-state index in [1.165, 1.54) is 0 Å². The van der Waals surface area contributed by atoms with E-state index in [1.54, 1.807) is 29.9 Å². The lowest BCUT2D eigenvalue weighted by atomic mass is 10.1. The number of carbonyl (C=O) groups is 1. The van der Waals surface area contributed by atoms with Gasteiger partial charge in [-0.3, -0.25) is 4.79 Å². The van der Waals surface area contributed by atoms with Crippen LogP contribution in [0.3, 0.4) is 0 Å². The predicted molar refractivity (Wildman–Crippen MR) is 89.6 cm³/mol. The number of anilines is 1. The number of amides is 1. The normalized spacial score (nSPS) is 10.1. The summed E-state index contributed by atoms with van der Waals surface area (Å²) in [4.78, 5) is 11.7. The molecule has 1 heterocycles. The van der Waals surface area contributed by atoms with Gasteiger partial charge in [0.25, 0.3) is 0 Å². The maximum atomic E-state index is 11.7. The van der Waals surface area contributed by atoms with Gasteiger partial charge in [0.05, 0.1) is 25.4 Å². The standard InChI is InChI=1S/C14H17ClN4O2.ClH/c1-16-9-14(21)17-13-8-12(18-19(13)6-7-20)10-2-4-11(15)5-3-10;/h2-5,8,16,20H,6-7,9H2,1H3,(H,17,21);1H. The van der Waals surface area contributed by atoms with Gasteiger partial charge in [0.2, 0.25) is 5.91 Å². The average molecular weight is 345 g/mol. The van der Waals surface area contributed by atoms with Crippen molar-refractivity contribution in [1.29, 1.82) is 0 Å². The monoisotopic (exact) mass is 344 g/mol. The summed E-state index contributed by atoms with van der Waals surface area (Å²) in [5.74, 6) is 0.383. The molecule has 120 valence electrons. The Morgan fingerprint density at radius 2 is 2.05 bits per heavy atom. The summed E-state index contributed by atoms with van der Waals surface area (Å²) >= 11 is 5.87. The van der Waals surface area contributed by atoms with Crippen molar-refractivity contribution in [2.75, 3.05) is 25.5 Å². The SMILES string of the molecule is CNCC(=O)Nc1cc(-c2ccc(Cl)cc2)nn1CCO.Cl. The van der Waals surface area contributed by atoms with E-state index in [0.717, 1.165) is 5.56 Å². The molecule has 0 spiro atoms. The molecule has 0 bridgehead atoms. The van der Waals surface area contributed by atoms with E-state index in [2.05, 4.69) is 15.7 Å². The van der Waals surface area contributed by atoms with Crippen LogP contribution in [0.5, 0.6) is 0 Å². The molecule has 8 heteroatoms. The zero-order valence-corrected chi connectivity index (χ0v) is 13.6. The summed E-state index contributed by atoms with van der Waals surface area (Å²) in [5, 5.41) is 19.7. The molecule has 1 aromatic carbocycles. The number of benzene rings is 1. The van der Waals surface area contributed by atoms with Crippen LogP contribution in [0.15, 0.2) is 30.3 Å². The van der Waals surface area contributed by atoms with Crippen LogP contribution in [0.1, 0.15) is 0 Å². The number of aliphatic hydroxyl groups is 1. The quantitative estimate of drug-likeness (QED) is 0.746. The molecule has 0 aliphatic carbocycles. The Kier molecular flexibility index (Phi) is 7.34. The minimum absolute atomic E-state index is 0. The molecule has 1 aromatic heterocycles. The van der Waals surface area contributed by atoms with Gasteiger partial charge in [-0.15, -0.1) is 12.4 Å². The number of nitrogens with zero attached hydrogens (tertiary/aromatic N) is 2. The van der Waals surface area contributed by atoms with Gasteiger partial charge in [-0.25, -0.2) is 4.68 Å². The second kappa shape index (κ2) is 8.75. The van der Waals surface area contributed by atoms with Gasteiger partial charge >= 0.3 is 0 Å². The molecular weight excluding hydrogens is 327 g/mol. The van der Waals surface area contributed by atoms with Crippen molar-refractivity contribution in [2.45, 2.75) is 6.54 Å². The Hall–Kier alpha value is -1.60. The molecule has 0 fully saturated rings. The summed E-state index contributed by atoms with van der Waals surface area (Å²) < 4.78 is 1.57. The molecule has 3 N–H and O–H groups in total. The summed E-state index contributed by atoms with van der Waals surface area (Å²) in [5.41, 5.74) is 1.60. The highest BCUT2D eigenvalue weighted by Crippen LogP contribution is 2.23. The van der Waals surface area contributed by atoms with Crippen LogP contribution in [0, 0.1) is 0 Å². The fourth-order valence-corrected chi connectivity index (χ4v) is 2.02. The van der Waals surface area contributed by atoms with Crippen LogP contribution in [0.25, 0.3) is 11.3 Å². The minimum atomic E-state index is -0.167. The molecule has 6 nitrogen and oxygen atoms in total. The number of aromatic nitrogens is 2. The van der Waals surface area contributed by atoms with Crippen molar-refractivity contribution >= 4 is 35.7 Å². The van der Waals surface area contributed by atoms with Gasteiger partial charge < -0.3 is 15.7 Å². The fraction of sp³-hybridized carbons (Fsp3) is 0.286. The molecule has 2 aromatic rings. The first-order chi connectivity index (χ1) is 10.1. The number of aliphatic hydroxyl groups excluding tert-OH is 1. The summed E-state index contributed by atoms with van der Waals surface area (Å²) in [7, 11) is 1.70. The van der Waals surface area contributed by atoms with E-state index in [0.29, 0.717) is 23.1 Å². The van der Waals surface area contributed by atoms with Gasteiger partial charge in [0.1, 0.15) is 5.82 Å². The largest absolute Gasteiger partial charge is 0.394 e. The highest BCUT2D eigenvalue weighted by molar-refractivity contribution is 6.30. The second-order valence-electron chi connectivity index (χ2n) is 4.45. The number of rotatable bonds is 6. The topological polar surface area (TPSA) is 79.2 Å². The second-order valence-corrected chi connectivity index (χ2v) is 4.88. The lowest BCUT2D eigenvalue weighted by Gasteiger charge is -2.06. The van der Waals surface area contributed by atoms with Crippen molar-refractivity contribution in [1.82, 2.24) is 15.1 Å². The highest BCUT2D eigenvalue weighted by Gasteiger charge is 2.11. The Labute approximate surface area is 139 Å². The van der Waals surface area contributed by atoms with Gasteiger partial charge in [-0.1, -0.05) is 23.7 Å². The van der Waals surface area contributed by atoms with E-state index in [4.69, 9.17) is 16.7 Å². The van der Waals surface area contributed by atoms with Crippen LogP contribution in [-0.2, 0) is 11.3 Å². The minimum Gasteiger partial charge on any atom is -0.394 e. The molecule has 0 saturated carbocycles. The lowest BCUT2D eigenvalue weighted by molar-refractivity contribution is -0.115. The third kappa shape index (κ3) is 4.71. The first-order valence-electron chi connectivity index (χ1n) is 6.53. The summed E-state index contributed by atoms with van der Waals surface area (Å²) in [6.07, 6.45) is 0. The third-order valence-electron chi connectivity index (χ3n) is 2.84. The molecule has 22 heavy (non-hydrogen) atoms. The Balaban J connectivity index is 0.00000242. The van der Waals surface area contributed by atoms with Crippen LogP contribution < -0.4 is 10.6 Å². The first kappa shape index (κ1) is 18.4. The van der Waals surface area contributed by atoms with Crippen molar-refractivity contribution in [3.05, 3.63) is 35.4 Å². The molecule has 0 unspecified atom stereocenters. The zero-order chi connectivity index (χ0) is 15.2. The van der Waals surface area contributed by atoms with Crippen LogP contribution in [-0.4, -0.2) is 41.0 Å². The first-order valence-corrected chi connectivity index (χ1v) is 6.91. The number of hydrogen-bond donors (Lipinski definition) is 3. The van der Waals surface area contributed by atoms with Crippen molar-refractivity contribution in [3.63, 3.8) is 0 Å². The smallest absolute Gasteiger partial charge is 0.239 e. The molecule has 0 atom stereocenters. The number of nitrogens with one attached hydrogen (secondary N) is 2. The summed E-state index contributed by atoms with van der Waals surface area (Å²) in [6.45, 7) is 0.458. The maximum Gasteiger partial charge on any atom is 0.239 e. The molecular formula is C14H18Cl2N4O2. The Morgan fingerprint density at radius 1 is 1.36 bits per heavy atom. The van der Waals surface area contributed by atoms with Crippen molar-refractivity contribution in [3.8, 4) is 11.3 Å². The molecule has 0 saturated heterocycles. The van der Waals surface area contributed by atoms with Gasteiger partial charge in [-0.2, -0.15) is 5.10 Å². The van der Waals surface area contributed by atoms with Crippen LogP contribution in [0.4, 0.5) is 5.82 Å². The molecule has 1 amide bonds. The van der Waals surface area contributed by atoms with Crippen LogP contribution in [0.2, 0.25) is 5.02 Å². The molecule has 0 aliphatic rings. The predicted octanol–water partition coefficient (Wildman–Crippen LogP) is 1.78. The van der Waals surface area contributed by atoms with E-state index >= 15 is 0 Å². The number of halogens is 2. The molecule has 0 radical (unpaired) electrons. The third-order valence-corrected chi connectivity index (χ3v) is 3.09. The Bertz CT molecular complexity index is 614. The average Bonchev–Trinajstić information content (AvgIpc) is 2.83. The van der Waals surface area contributed by atoms with Gasteiger partial charge in [0.15, 0.2) is 0 Å². The van der Waals surface area contributed by atoms with Gasteiger partial charge in [0, 0.05) is 16.7 Å². The van der Waals surface area contributed by atoms with E-state index < -0.39 is 0 Å². The zero-order valence-electron chi connectivity index (χ0n) is 12.0. The number of likely N-dealkylation sites (N-methyl/N-ethyl adjacent to an activating group) is 1. The summed E-state index contributed by atoms with van der Waals surface area (Å²) in [6, 6.07) is 9.04. The van der Waals surface area contributed by atoms with Crippen molar-refractivity contribution in [2.24, 2.45) is 0 Å². The van der Waals surface area contributed by atoms with Crippen LogP contribution >= 0.6 is 24.0 Å². The van der Waals surface area contributed by atoms with E-state index in [-0.39, 0.29) is 31.5 Å². The number of hydrogen-bond acceptors (Lipinski definition) is 4. The molecule has 0 aliphatic heterocycles. The van der Waals surface area contributed by atoms with E-state index in [1.807, 2.05) is 12.1 Å². The fourth-order valence-electron chi connectivity index (χ4n) is 1.89. The Morgan fingerprint density at radius 3 is 2.64 bits per heavy atom. The maximum absolute atomic E-state index is 11.7. The van der Waals surface area contributed by atoms with Crippen molar-refractivity contribution < 1.29 is 9.90 Å². The van der Waals surface area contributed by atoms with Gasteiger partial charge in [-0.05, 0) is 19.2 Å². The van der Waals surface area contributed by atoms with E-state index in [9.17, 15) is 4.79 Å². The highest BCUT2D eigenvalue weighted by atomic mass is 35.5. The number of carbonyl (C=O) groups excluding carboxylic acids is 1.